The molecule has 24 heavy (non-hydrogen) atoms. The van der Waals surface area contributed by atoms with Crippen molar-refractivity contribution in [3.63, 3.8) is 0 Å². The number of aryl methyl sites for hydroxylation is 1. The molecule has 0 aliphatic carbocycles. The molecular formula is C18H14ClN3O2. The van der Waals surface area contributed by atoms with Crippen LogP contribution < -0.4 is 5.43 Å². The van der Waals surface area contributed by atoms with E-state index in [1.165, 1.54) is 18.3 Å². The molecule has 3 aromatic rings. The highest BCUT2D eigenvalue weighted by Crippen LogP contribution is 2.22. The second-order valence-corrected chi connectivity index (χ2v) is 5.59. The zero-order valence-electron chi connectivity index (χ0n) is 12.8. The molecule has 0 radical (unpaired) electrons. The number of aromatic hydroxyl groups is 1. The van der Waals surface area contributed by atoms with E-state index in [2.05, 4.69) is 15.5 Å². The quantitative estimate of drug-likeness (QED) is 0.434. The van der Waals surface area contributed by atoms with Crippen molar-refractivity contribution < 1.29 is 9.90 Å². The third-order valence-corrected chi connectivity index (χ3v) is 3.85. The highest BCUT2D eigenvalue weighted by atomic mass is 35.5. The second kappa shape index (κ2) is 6.68. The first-order valence-corrected chi connectivity index (χ1v) is 7.61. The number of hydrogen-bond donors (Lipinski definition) is 2. The molecular weight excluding hydrogens is 326 g/mol. The molecule has 0 atom stereocenters. The van der Waals surface area contributed by atoms with Gasteiger partial charge in [-0.15, -0.1) is 0 Å². The number of benzene rings is 2. The number of para-hydroxylation sites is 2. The Morgan fingerprint density at radius 1 is 1.25 bits per heavy atom. The number of hydrogen-bond acceptors (Lipinski definition) is 4. The van der Waals surface area contributed by atoms with Gasteiger partial charge in [-0.3, -0.25) is 4.79 Å². The number of amides is 1. The minimum atomic E-state index is -0.509. The van der Waals surface area contributed by atoms with Crippen molar-refractivity contribution in [2.24, 2.45) is 5.10 Å². The van der Waals surface area contributed by atoms with Crippen LogP contribution in [0.5, 0.6) is 5.75 Å². The van der Waals surface area contributed by atoms with E-state index in [1.54, 1.807) is 12.1 Å². The summed E-state index contributed by atoms with van der Waals surface area (Å²) in [5.74, 6) is -0.615. The lowest BCUT2D eigenvalue weighted by molar-refractivity contribution is 0.0952. The molecule has 0 bridgehead atoms. The van der Waals surface area contributed by atoms with Crippen molar-refractivity contribution >= 4 is 34.6 Å². The van der Waals surface area contributed by atoms with Crippen LogP contribution in [0, 0.1) is 6.92 Å². The number of pyridine rings is 1. The number of phenolic OH excluding ortho intramolecular Hbond substituents is 1. The van der Waals surface area contributed by atoms with E-state index in [9.17, 15) is 9.90 Å². The first-order valence-electron chi connectivity index (χ1n) is 7.23. The molecule has 0 saturated carbocycles. The van der Waals surface area contributed by atoms with Gasteiger partial charge in [0, 0.05) is 10.9 Å². The van der Waals surface area contributed by atoms with Crippen LogP contribution in [0.25, 0.3) is 10.9 Å². The fraction of sp³-hybridized carbons (Fsp3) is 0.0556. The molecule has 1 amide bonds. The number of nitrogens with one attached hydrogen (secondary N) is 1. The Morgan fingerprint density at radius 2 is 2.04 bits per heavy atom. The van der Waals surface area contributed by atoms with Crippen molar-refractivity contribution in [1.82, 2.24) is 10.4 Å². The molecule has 2 aromatic carbocycles. The Bertz CT molecular complexity index is 954. The van der Waals surface area contributed by atoms with Crippen LogP contribution >= 0.6 is 11.6 Å². The Balaban J connectivity index is 1.82. The first-order chi connectivity index (χ1) is 11.6. The Labute approximate surface area is 143 Å². The van der Waals surface area contributed by atoms with Crippen molar-refractivity contribution in [3.05, 3.63) is 70.4 Å². The third kappa shape index (κ3) is 3.21. The Morgan fingerprint density at radius 3 is 2.83 bits per heavy atom. The van der Waals surface area contributed by atoms with Crippen molar-refractivity contribution in [2.75, 3.05) is 0 Å². The lowest BCUT2D eigenvalue weighted by atomic mass is 10.1. The number of phenols is 1. The maximum atomic E-state index is 12.0. The number of nitrogens with zero attached hydrogens (tertiary/aromatic N) is 2. The highest BCUT2D eigenvalue weighted by molar-refractivity contribution is 6.32. The van der Waals surface area contributed by atoms with Crippen molar-refractivity contribution in [1.29, 1.82) is 0 Å². The van der Waals surface area contributed by atoms with Gasteiger partial charge in [0.2, 0.25) is 0 Å². The lowest BCUT2D eigenvalue weighted by Crippen LogP contribution is -2.17. The number of carbonyl (C=O) groups excluding carboxylic acids is 1. The van der Waals surface area contributed by atoms with Gasteiger partial charge in [-0.25, -0.2) is 10.4 Å². The van der Waals surface area contributed by atoms with Crippen LogP contribution in [0.4, 0.5) is 0 Å². The molecule has 0 spiro atoms. The minimum absolute atomic E-state index is 0.105. The summed E-state index contributed by atoms with van der Waals surface area (Å²) in [7, 11) is 0. The van der Waals surface area contributed by atoms with Gasteiger partial charge < -0.3 is 5.11 Å². The number of rotatable bonds is 3. The highest BCUT2D eigenvalue weighted by Gasteiger charge is 2.09. The largest absolute Gasteiger partial charge is 0.507 e. The van der Waals surface area contributed by atoms with Crippen molar-refractivity contribution in [3.8, 4) is 5.75 Å². The molecule has 0 unspecified atom stereocenters. The summed E-state index contributed by atoms with van der Waals surface area (Å²) in [6.07, 6.45) is 1.43. The summed E-state index contributed by atoms with van der Waals surface area (Å²) in [5, 5.41) is 14.8. The van der Waals surface area contributed by atoms with Crippen LogP contribution in [-0.2, 0) is 0 Å². The number of aromatic nitrogens is 1. The second-order valence-electron chi connectivity index (χ2n) is 5.23. The number of carbonyl (C=O) groups is 1. The van der Waals surface area contributed by atoms with E-state index in [-0.39, 0.29) is 11.3 Å². The molecule has 0 fully saturated rings. The smallest absolute Gasteiger partial charge is 0.275 e. The molecule has 1 heterocycles. The third-order valence-electron chi connectivity index (χ3n) is 3.55. The van der Waals surface area contributed by atoms with Crippen LogP contribution in [0.3, 0.4) is 0 Å². The van der Waals surface area contributed by atoms with Crippen LogP contribution in [0.1, 0.15) is 21.5 Å². The molecule has 6 heteroatoms. The predicted octanol–water partition coefficient (Wildman–Crippen LogP) is 3.67. The average molecular weight is 340 g/mol. The van der Waals surface area contributed by atoms with Gasteiger partial charge in [-0.1, -0.05) is 41.9 Å². The fourth-order valence-electron chi connectivity index (χ4n) is 2.32. The van der Waals surface area contributed by atoms with Crippen molar-refractivity contribution in [2.45, 2.75) is 6.92 Å². The zero-order chi connectivity index (χ0) is 17.1. The van der Waals surface area contributed by atoms with E-state index in [0.29, 0.717) is 10.7 Å². The van der Waals surface area contributed by atoms with Gasteiger partial charge in [0.15, 0.2) is 0 Å². The molecule has 0 saturated heterocycles. The summed E-state index contributed by atoms with van der Waals surface area (Å²) in [6.45, 7) is 1.96. The normalized spacial score (nSPS) is 11.1. The minimum Gasteiger partial charge on any atom is -0.507 e. The van der Waals surface area contributed by atoms with Gasteiger partial charge in [0.1, 0.15) is 10.9 Å². The van der Waals surface area contributed by atoms with E-state index >= 15 is 0 Å². The number of hydrazone groups is 1. The summed E-state index contributed by atoms with van der Waals surface area (Å²) in [6, 6.07) is 13.9. The standard InChI is InChI=1S/C18H14ClN3O2/c1-11-5-4-6-12-9-13(17(19)21-16(11)12)10-20-22-18(24)14-7-2-3-8-15(14)23/h2-10,23H,1H3,(H,22,24). The summed E-state index contributed by atoms with van der Waals surface area (Å²) in [5.41, 5.74) is 4.96. The molecule has 120 valence electrons. The SMILES string of the molecule is Cc1cccc2cc(C=NNC(=O)c3ccccc3O)c(Cl)nc12. The topological polar surface area (TPSA) is 74.6 Å². The zero-order valence-corrected chi connectivity index (χ0v) is 13.6. The van der Waals surface area contributed by atoms with Crippen LogP contribution in [0.2, 0.25) is 5.15 Å². The van der Waals surface area contributed by atoms with E-state index in [1.807, 2.05) is 31.2 Å². The molecule has 0 aliphatic rings. The number of fused-ring (bicyclic) bond motifs is 1. The van der Waals surface area contributed by atoms with E-state index < -0.39 is 5.91 Å². The molecule has 0 aliphatic heterocycles. The summed E-state index contributed by atoms with van der Waals surface area (Å²) < 4.78 is 0. The lowest BCUT2D eigenvalue weighted by Gasteiger charge is -2.05. The molecule has 2 N–H and O–H groups in total. The first kappa shape index (κ1) is 16.0. The van der Waals surface area contributed by atoms with E-state index in [4.69, 9.17) is 11.6 Å². The molecule has 5 nitrogen and oxygen atoms in total. The van der Waals surface area contributed by atoms with E-state index in [0.717, 1.165) is 16.5 Å². The van der Waals surface area contributed by atoms with Gasteiger partial charge >= 0.3 is 0 Å². The average Bonchev–Trinajstić information content (AvgIpc) is 2.56. The maximum absolute atomic E-state index is 12.0. The predicted molar refractivity (Wildman–Crippen MR) is 94.7 cm³/mol. The van der Waals surface area contributed by atoms with Gasteiger partial charge in [-0.2, -0.15) is 5.10 Å². The van der Waals surface area contributed by atoms with Gasteiger partial charge in [0.05, 0.1) is 17.3 Å². The fourth-order valence-corrected chi connectivity index (χ4v) is 2.51. The molecule has 1 aromatic heterocycles. The maximum Gasteiger partial charge on any atom is 0.275 e. The van der Waals surface area contributed by atoms with Gasteiger partial charge in [-0.05, 0) is 30.7 Å². The monoisotopic (exact) mass is 339 g/mol. The van der Waals surface area contributed by atoms with Crippen LogP contribution in [0.15, 0.2) is 53.6 Å². The summed E-state index contributed by atoms with van der Waals surface area (Å²) in [4.78, 5) is 16.3. The summed E-state index contributed by atoms with van der Waals surface area (Å²) >= 11 is 6.18. The molecule has 3 rings (SSSR count). The van der Waals surface area contributed by atoms with Gasteiger partial charge in [0.25, 0.3) is 5.91 Å². The Hall–Kier alpha value is -2.92. The Kier molecular flexibility index (Phi) is 4.44. The number of halogens is 1. The van der Waals surface area contributed by atoms with Crippen LogP contribution in [-0.4, -0.2) is 22.2 Å².